The third kappa shape index (κ3) is 3.40. The minimum Gasteiger partial charge on any atom is -0.249 e. The third-order valence-corrected chi connectivity index (χ3v) is 6.10. The second kappa shape index (κ2) is 5.22. The van der Waals surface area contributed by atoms with Crippen LogP contribution < -0.4 is 4.72 Å². The average molecular weight is 295 g/mol. The molecule has 1 heterocycles. The summed E-state index contributed by atoms with van der Waals surface area (Å²) in [5, 5.41) is 0.960. The molecule has 0 spiro atoms. The number of alkyl halides is 1. The van der Waals surface area contributed by atoms with Crippen LogP contribution in [0.2, 0.25) is 0 Å². The minimum absolute atomic E-state index is 0.204. The Hall–Kier alpha value is -0.170. The van der Waals surface area contributed by atoms with Crippen LogP contribution in [0.4, 0.5) is 0 Å². The van der Waals surface area contributed by atoms with Crippen LogP contribution in [0.15, 0.2) is 10.4 Å². The Morgan fingerprint density at radius 1 is 1.59 bits per heavy atom. The summed E-state index contributed by atoms with van der Waals surface area (Å²) < 4.78 is 26.7. The molecular weight excluding hydrogens is 280 g/mol. The zero-order chi connectivity index (χ0) is 12.5. The smallest absolute Gasteiger partial charge is 0.249 e. The van der Waals surface area contributed by atoms with E-state index in [2.05, 4.69) is 9.71 Å². The summed E-state index contributed by atoms with van der Waals surface area (Å²) in [6.07, 6.45) is 4.28. The van der Waals surface area contributed by atoms with Crippen molar-refractivity contribution in [2.24, 2.45) is 5.92 Å². The van der Waals surface area contributed by atoms with Crippen LogP contribution in [0.3, 0.4) is 0 Å². The van der Waals surface area contributed by atoms with E-state index in [0.717, 1.165) is 24.3 Å². The van der Waals surface area contributed by atoms with E-state index in [1.165, 1.54) is 17.5 Å². The number of hydrogen-bond acceptors (Lipinski definition) is 4. The SMILES string of the molecule is Cc1ncc(S(=O)(=O)NCC2CCC(Cl)C2)s1. The van der Waals surface area contributed by atoms with Gasteiger partial charge in [0.05, 0.1) is 11.2 Å². The molecule has 0 radical (unpaired) electrons. The quantitative estimate of drug-likeness (QED) is 0.866. The van der Waals surface area contributed by atoms with Gasteiger partial charge in [-0.05, 0) is 32.1 Å². The van der Waals surface area contributed by atoms with E-state index in [9.17, 15) is 8.42 Å². The van der Waals surface area contributed by atoms with Gasteiger partial charge in [0, 0.05) is 11.9 Å². The van der Waals surface area contributed by atoms with Crippen molar-refractivity contribution in [3.05, 3.63) is 11.2 Å². The monoisotopic (exact) mass is 294 g/mol. The van der Waals surface area contributed by atoms with Crippen LogP contribution in [-0.2, 0) is 10.0 Å². The maximum atomic E-state index is 11.9. The number of aryl methyl sites for hydroxylation is 1. The summed E-state index contributed by atoms with van der Waals surface area (Å²) >= 11 is 7.18. The van der Waals surface area contributed by atoms with Crippen molar-refractivity contribution >= 4 is 33.0 Å². The molecule has 4 nitrogen and oxygen atoms in total. The molecule has 2 rings (SSSR count). The summed E-state index contributed by atoms with van der Waals surface area (Å²) in [4.78, 5) is 3.95. The molecule has 0 amide bonds. The predicted octanol–water partition coefficient (Wildman–Crippen LogP) is 2.14. The van der Waals surface area contributed by atoms with Crippen LogP contribution in [0.25, 0.3) is 0 Å². The van der Waals surface area contributed by atoms with Gasteiger partial charge in [0.25, 0.3) is 10.0 Å². The van der Waals surface area contributed by atoms with Gasteiger partial charge < -0.3 is 0 Å². The Labute approximate surface area is 110 Å². The number of nitrogens with one attached hydrogen (secondary N) is 1. The lowest BCUT2D eigenvalue weighted by molar-refractivity contribution is 0.521. The van der Waals surface area contributed by atoms with Crippen molar-refractivity contribution < 1.29 is 8.42 Å². The fourth-order valence-corrected chi connectivity index (χ4v) is 4.61. The van der Waals surface area contributed by atoms with Crippen LogP contribution in [0.1, 0.15) is 24.3 Å². The Bertz CT molecular complexity index is 486. The number of thiazole rings is 1. The fourth-order valence-electron chi connectivity index (χ4n) is 1.96. The molecule has 0 bridgehead atoms. The number of aromatic nitrogens is 1. The zero-order valence-electron chi connectivity index (χ0n) is 9.52. The van der Waals surface area contributed by atoms with Crippen LogP contribution in [0, 0.1) is 12.8 Å². The molecule has 1 aromatic rings. The van der Waals surface area contributed by atoms with Crippen molar-refractivity contribution in [3.63, 3.8) is 0 Å². The molecule has 96 valence electrons. The van der Waals surface area contributed by atoms with E-state index in [4.69, 9.17) is 11.6 Å². The number of hydrogen-bond donors (Lipinski definition) is 1. The van der Waals surface area contributed by atoms with E-state index < -0.39 is 10.0 Å². The predicted molar refractivity (Wildman–Crippen MR) is 69.0 cm³/mol. The first-order valence-corrected chi connectivity index (χ1v) is 8.27. The van der Waals surface area contributed by atoms with Gasteiger partial charge in [-0.15, -0.1) is 22.9 Å². The summed E-state index contributed by atoms with van der Waals surface area (Å²) in [5.74, 6) is 0.362. The zero-order valence-corrected chi connectivity index (χ0v) is 11.9. The Kier molecular flexibility index (Phi) is 4.07. The van der Waals surface area contributed by atoms with Gasteiger partial charge >= 0.3 is 0 Å². The molecule has 1 aliphatic carbocycles. The van der Waals surface area contributed by atoms with Gasteiger partial charge in [-0.2, -0.15) is 0 Å². The molecule has 0 saturated heterocycles. The molecule has 1 aliphatic rings. The second-order valence-corrected chi connectivity index (χ2v) is 8.17. The van der Waals surface area contributed by atoms with E-state index in [-0.39, 0.29) is 9.59 Å². The fraction of sp³-hybridized carbons (Fsp3) is 0.700. The Morgan fingerprint density at radius 2 is 2.35 bits per heavy atom. The lowest BCUT2D eigenvalue weighted by atomic mass is 10.1. The lowest BCUT2D eigenvalue weighted by Gasteiger charge is -2.09. The maximum absolute atomic E-state index is 11.9. The maximum Gasteiger partial charge on any atom is 0.251 e. The van der Waals surface area contributed by atoms with Gasteiger partial charge in [-0.25, -0.2) is 18.1 Å². The Morgan fingerprint density at radius 3 is 2.88 bits per heavy atom. The Balaban J connectivity index is 1.94. The highest BCUT2D eigenvalue weighted by Gasteiger charge is 2.25. The number of rotatable bonds is 4. The van der Waals surface area contributed by atoms with Crippen molar-refractivity contribution in [1.82, 2.24) is 9.71 Å². The summed E-state index contributed by atoms with van der Waals surface area (Å²) in [6.45, 7) is 2.27. The molecule has 1 N–H and O–H groups in total. The summed E-state index contributed by atoms with van der Waals surface area (Å²) in [5.41, 5.74) is 0. The molecular formula is C10H15ClN2O2S2. The number of sulfonamides is 1. The van der Waals surface area contributed by atoms with Gasteiger partial charge in [0.15, 0.2) is 4.21 Å². The highest BCUT2D eigenvalue weighted by molar-refractivity contribution is 7.91. The van der Waals surface area contributed by atoms with Crippen LogP contribution in [-0.4, -0.2) is 25.3 Å². The highest BCUT2D eigenvalue weighted by atomic mass is 35.5. The van der Waals surface area contributed by atoms with Gasteiger partial charge in [-0.3, -0.25) is 0 Å². The highest BCUT2D eigenvalue weighted by Crippen LogP contribution is 2.29. The van der Waals surface area contributed by atoms with Crippen molar-refractivity contribution in [2.75, 3.05) is 6.54 Å². The van der Waals surface area contributed by atoms with Gasteiger partial charge in [0.2, 0.25) is 0 Å². The summed E-state index contributed by atoms with van der Waals surface area (Å²) in [7, 11) is -3.38. The first-order valence-electron chi connectivity index (χ1n) is 5.53. The van der Waals surface area contributed by atoms with Crippen molar-refractivity contribution in [3.8, 4) is 0 Å². The molecule has 1 fully saturated rings. The first kappa shape index (κ1) is 13.3. The minimum atomic E-state index is -3.38. The van der Waals surface area contributed by atoms with E-state index in [0.29, 0.717) is 12.5 Å². The average Bonchev–Trinajstić information content (AvgIpc) is 2.85. The summed E-state index contributed by atoms with van der Waals surface area (Å²) in [6, 6.07) is 0. The first-order chi connectivity index (χ1) is 7.97. The molecule has 0 aliphatic heterocycles. The van der Waals surface area contributed by atoms with Crippen LogP contribution >= 0.6 is 22.9 Å². The van der Waals surface area contributed by atoms with E-state index in [1.54, 1.807) is 6.92 Å². The molecule has 0 aromatic carbocycles. The number of halogens is 1. The standard InChI is InChI=1S/C10H15ClN2O2S2/c1-7-12-6-10(16-7)17(14,15)13-5-8-2-3-9(11)4-8/h6,8-9,13H,2-5H2,1H3. The topological polar surface area (TPSA) is 59.1 Å². The van der Waals surface area contributed by atoms with E-state index in [1.807, 2.05) is 0 Å². The number of nitrogens with zero attached hydrogens (tertiary/aromatic N) is 1. The molecule has 7 heteroatoms. The van der Waals surface area contributed by atoms with Gasteiger partial charge in [0.1, 0.15) is 0 Å². The molecule has 2 atom stereocenters. The van der Waals surface area contributed by atoms with Crippen molar-refractivity contribution in [1.29, 1.82) is 0 Å². The molecule has 1 saturated carbocycles. The lowest BCUT2D eigenvalue weighted by Crippen LogP contribution is -2.28. The molecule has 2 unspecified atom stereocenters. The largest absolute Gasteiger partial charge is 0.251 e. The van der Waals surface area contributed by atoms with Gasteiger partial charge in [-0.1, -0.05) is 0 Å². The second-order valence-electron chi connectivity index (χ2n) is 4.33. The van der Waals surface area contributed by atoms with Crippen LogP contribution in [0.5, 0.6) is 0 Å². The molecule has 1 aromatic heterocycles. The third-order valence-electron chi connectivity index (χ3n) is 2.90. The van der Waals surface area contributed by atoms with Crippen molar-refractivity contribution in [2.45, 2.75) is 35.8 Å². The molecule has 17 heavy (non-hydrogen) atoms. The van der Waals surface area contributed by atoms with E-state index >= 15 is 0 Å². The normalized spacial score (nSPS) is 25.3.